The van der Waals surface area contributed by atoms with Gasteiger partial charge in [0.25, 0.3) is 0 Å². The number of benzene rings is 1. The fourth-order valence-corrected chi connectivity index (χ4v) is 1.99. The van der Waals surface area contributed by atoms with Crippen LogP contribution >= 0.6 is 0 Å². The van der Waals surface area contributed by atoms with Gasteiger partial charge in [0.1, 0.15) is 13.2 Å². The van der Waals surface area contributed by atoms with E-state index >= 15 is 0 Å². The van der Waals surface area contributed by atoms with Crippen LogP contribution in [0.5, 0.6) is 0 Å². The molecule has 8 heteroatoms. The number of nitrogens with zero attached hydrogens (tertiary/aromatic N) is 1. The molecular formula is C15H17NO7. The predicted octanol–water partition coefficient (Wildman–Crippen LogP) is 0.961. The van der Waals surface area contributed by atoms with Crippen LogP contribution in [0.2, 0.25) is 0 Å². The summed E-state index contributed by atoms with van der Waals surface area (Å²) >= 11 is 0. The SMILES string of the molecule is CCOCCOC(=O)Cn1c(=O)oc2cc(C(=O)OC)ccc21. The molecule has 2 rings (SSSR count). The van der Waals surface area contributed by atoms with Crippen LogP contribution in [0, 0.1) is 0 Å². The van der Waals surface area contributed by atoms with Gasteiger partial charge in [0.05, 0.1) is 24.8 Å². The first kappa shape index (κ1) is 16.8. The normalized spacial score (nSPS) is 10.7. The molecule has 0 radical (unpaired) electrons. The van der Waals surface area contributed by atoms with Gasteiger partial charge in [-0.15, -0.1) is 0 Å². The van der Waals surface area contributed by atoms with Crippen molar-refractivity contribution in [1.82, 2.24) is 4.57 Å². The van der Waals surface area contributed by atoms with E-state index in [2.05, 4.69) is 4.74 Å². The minimum atomic E-state index is -0.705. The summed E-state index contributed by atoms with van der Waals surface area (Å²) < 4.78 is 20.8. The summed E-state index contributed by atoms with van der Waals surface area (Å²) in [5.41, 5.74) is 0.838. The quantitative estimate of drug-likeness (QED) is 0.553. The number of ether oxygens (including phenoxy) is 3. The second-order valence-electron chi connectivity index (χ2n) is 4.55. The summed E-state index contributed by atoms with van der Waals surface area (Å²) in [6.45, 7) is 2.50. The van der Waals surface area contributed by atoms with Crippen LogP contribution in [0.1, 0.15) is 17.3 Å². The van der Waals surface area contributed by atoms with Gasteiger partial charge >= 0.3 is 17.7 Å². The number of carbonyl (C=O) groups excluding carboxylic acids is 2. The lowest BCUT2D eigenvalue weighted by molar-refractivity contribution is -0.145. The Morgan fingerprint density at radius 2 is 2.04 bits per heavy atom. The van der Waals surface area contributed by atoms with Gasteiger partial charge in [-0.3, -0.25) is 9.36 Å². The molecule has 0 bridgehead atoms. The zero-order valence-corrected chi connectivity index (χ0v) is 12.9. The van der Waals surface area contributed by atoms with Crippen molar-refractivity contribution in [3.63, 3.8) is 0 Å². The lowest BCUT2D eigenvalue weighted by Crippen LogP contribution is -2.22. The number of hydrogen-bond acceptors (Lipinski definition) is 7. The maximum absolute atomic E-state index is 11.8. The molecule has 2 aromatic rings. The third-order valence-electron chi connectivity index (χ3n) is 3.07. The highest BCUT2D eigenvalue weighted by Crippen LogP contribution is 2.16. The van der Waals surface area contributed by atoms with E-state index in [0.29, 0.717) is 18.7 Å². The molecule has 0 saturated carbocycles. The first-order chi connectivity index (χ1) is 11.1. The van der Waals surface area contributed by atoms with Crippen molar-refractivity contribution in [2.45, 2.75) is 13.5 Å². The van der Waals surface area contributed by atoms with Crippen LogP contribution in [0.3, 0.4) is 0 Å². The van der Waals surface area contributed by atoms with E-state index in [0.717, 1.165) is 4.57 Å². The van der Waals surface area contributed by atoms with Crippen molar-refractivity contribution in [1.29, 1.82) is 0 Å². The Kier molecular flexibility index (Phi) is 5.53. The molecule has 0 amide bonds. The van der Waals surface area contributed by atoms with Gasteiger partial charge < -0.3 is 18.6 Å². The Morgan fingerprint density at radius 3 is 2.74 bits per heavy atom. The summed E-state index contributed by atoms with van der Waals surface area (Å²) in [6, 6.07) is 4.39. The molecule has 1 heterocycles. The van der Waals surface area contributed by atoms with E-state index in [9.17, 15) is 14.4 Å². The Bertz CT molecular complexity index is 759. The van der Waals surface area contributed by atoms with E-state index < -0.39 is 17.7 Å². The first-order valence-electron chi connectivity index (χ1n) is 7.02. The van der Waals surface area contributed by atoms with Gasteiger partial charge in [0, 0.05) is 6.61 Å². The van der Waals surface area contributed by atoms with Crippen LogP contribution in [-0.2, 0) is 25.5 Å². The number of fused-ring (bicyclic) bond motifs is 1. The Balaban J connectivity index is 2.15. The summed E-state index contributed by atoms with van der Waals surface area (Å²) in [4.78, 5) is 35.0. The molecule has 0 aliphatic carbocycles. The van der Waals surface area contributed by atoms with E-state index in [1.807, 2.05) is 6.92 Å². The van der Waals surface area contributed by atoms with Gasteiger partial charge in [0.2, 0.25) is 0 Å². The third-order valence-corrected chi connectivity index (χ3v) is 3.07. The molecule has 1 aromatic heterocycles. The minimum absolute atomic E-state index is 0.115. The van der Waals surface area contributed by atoms with Gasteiger partial charge in [-0.2, -0.15) is 0 Å². The van der Waals surface area contributed by atoms with Crippen LogP contribution in [0.15, 0.2) is 27.4 Å². The molecule has 0 spiro atoms. The summed E-state index contributed by atoms with van der Waals surface area (Å²) in [6.07, 6.45) is 0. The van der Waals surface area contributed by atoms with E-state index in [-0.39, 0.29) is 24.3 Å². The summed E-state index contributed by atoms with van der Waals surface area (Å²) in [5.74, 6) is -1.83. The van der Waals surface area contributed by atoms with Crippen molar-refractivity contribution >= 4 is 23.0 Å². The van der Waals surface area contributed by atoms with Gasteiger partial charge in [0.15, 0.2) is 5.58 Å². The van der Waals surface area contributed by atoms with Crippen molar-refractivity contribution in [3.05, 3.63) is 34.3 Å². The Morgan fingerprint density at radius 1 is 1.26 bits per heavy atom. The highest BCUT2D eigenvalue weighted by Gasteiger charge is 2.15. The van der Waals surface area contributed by atoms with Crippen molar-refractivity contribution in [2.24, 2.45) is 0 Å². The summed E-state index contributed by atoms with van der Waals surface area (Å²) in [7, 11) is 1.26. The Hall–Kier alpha value is -2.61. The standard InChI is InChI=1S/C15H17NO7/c1-3-21-6-7-22-13(17)9-16-11-5-4-10(14(18)20-2)8-12(11)23-15(16)19/h4-5,8H,3,6-7,9H2,1-2H3. The maximum atomic E-state index is 11.8. The summed E-state index contributed by atoms with van der Waals surface area (Å²) in [5, 5.41) is 0. The zero-order chi connectivity index (χ0) is 16.8. The molecule has 0 aliphatic heterocycles. The second-order valence-corrected chi connectivity index (χ2v) is 4.55. The lowest BCUT2D eigenvalue weighted by atomic mass is 10.2. The van der Waals surface area contributed by atoms with Crippen LogP contribution < -0.4 is 5.76 Å². The minimum Gasteiger partial charge on any atom is -0.465 e. The second kappa shape index (κ2) is 7.59. The fraction of sp³-hybridized carbons (Fsp3) is 0.400. The first-order valence-corrected chi connectivity index (χ1v) is 7.02. The molecule has 1 aromatic carbocycles. The van der Waals surface area contributed by atoms with Gasteiger partial charge in [-0.25, -0.2) is 9.59 Å². The molecule has 0 unspecified atom stereocenters. The number of methoxy groups -OCH3 is 1. The van der Waals surface area contributed by atoms with E-state index in [4.69, 9.17) is 13.9 Å². The third kappa shape index (κ3) is 3.98. The lowest BCUT2D eigenvalue weighted by Gasteiger charge is -2.05. The molecule has 0 atom stereocenters. The molecular weight excluding hydrogens is 306 g/mol. The molecule has 0 N–H and O–H groups in total. The fourth-order valence-electron chi connectivity index (χ4n) is 1.99. The smallest absolute Gasteiger partial charge is 0.420 e. The van der Waals surface area contributed by atoms with Crippen molar-refractivity contribution < 1.29 is 28.2 Å². The monoisotopic (exact) mass is 323 g/mol. The number of aromatic nitrogens is 1. The van der Waals surface area contributed by atoms with Crippen LogP contribution in [0.25, 0.3) is 11.1 Å². The van der Waals surface area contributed by atoms with Gasteiger partial charge in [-0.05, 0) is 25.1 Å². The molecule has 0 fully saturated rings. The number of oxazole rings is 1. The maximum Gasteiger partial charge on any atom is 0.420 e. The zero-order valence-electron chi connectivity index (χ0n) is 12.9. The van der Waals surface area contributed by atoms with E-state index in [1.54, 1.807) is 0 Å². The highest BCUT2D eigenvalue weighted by atomic mass is 16.6. The molecule has 23 heavy (non-hydrogen) atoms. The molecule has 8 nitrogen and oxygen atoms in total. The van der Waals surface area contributed by atoms with Crippen molar-refractivity contribution in [2.75, 3.05) is 26.9 Å². The molecule has 0 saturated heterocycles. The predicted molar refractivity (Wildman–Crippen MR) is 79.3 cm³/mol. The van der Waals surface area contributed by atoms with Gasteiger partial charge in [-0.1, -0.05) is 0 Å². The molecule has 124 valence electrons. The average Bonchev–Trinajstić information content (AvgIpc) is 2.85. The topological polar surface area (TPSA) is 97.0 Å². The Labute approximate surface area is 131 Å². The number of carbonyl (C=O) groups is 2. The number of rotatable bonds is 7. The van der Waals surface area contributed by atoms with E-state index in [1.165, 1.54) is 25.3 Å². The number of hydrogen-bond donors (Lipinski definition) is 0. The van der Waals surface area contributed by atoms with Crippen LogP contribution in [-0.4, -0.2) is 43.4 Å². The molecule has 0 aliphatic rings. The number of esters is 2. The largest absolute Gasteiger partial charge is 0.465 e. The highest BCUT2D eigenvalue weighted by molar-refractivity contribution is 5.93. The van der Waals surface area contributed by atoms with Crippen molar-refractivity contribution in [3.8, 4) is 0 Å². The average molecular weight is 323 g/mol. The van der Waals surface area contributed by atoms with Crippen LogP contribution in [0.4, 0.5) is 0 Å².